The molecule has 0 heterocycles. The standard InChI is InChI=1S/C21H21NO6/c1-3-26-19(23)15(2)18(17-12-8-5-9-13-17)28-21(25)22-20(24)27-14-16-10-6-4-7-11-16/h4-13,18H,2-3,14H2,1H3,(H,22,24,25). The first-order valence-corrected chi connectivity index (χ1v) is 8.60. The van der Waals surface area contributed by atoms with Crippen molar-refractivity contribution in [3.63, 3.8) is 0 Å². The van der Waals surface area contributed by atoms with Crippen LogP contribution in [0, 0.1) is 0 Å². The van der Waals surface area contributed by atoms with Crippen molar-refractivity contribution in [2.24, 2.45) is 0 Å². The second-order valence-corrected chi connectivity index (χ2v) is 5.63. The number of carbonyl (C=O) groups excluding carboxylic acids is 3. The Balaban J connectivity index is 1.98. The summed E-state index contributed by atoms with van der Waals surface area (Å²) >= 11 is 0. The van der Waals surface area contributed by atoms with Crippen LogP contribution in [-0.4, -0.2) is 24.8 Å². The molecule has 2 aromatic carbocycles. The van der Waals surface area contributed by atoms with Crippen LogP contribution in [0.1, 0.15) is 24.2 Å². The second-order valence-electron chi connectivity index (χ2n) is 5.63. The maximum absolute atomic E-state index is 12.1. The van der Waals surface area contributed by atoms with Crippen LogP contribution in [0.5, 0.6) is 0 Å². The number of carbonyl (C=O) groups is 3. The monoisotopic (exact) mass is 383 g/mol. The Morgan fingerprint density at radius 3 is 2.14 bits per heavy atom. The van der Waals surface area contributed by atoms with Gasteiger partial charge in [-0.2, -0.15) is 0 Å². The summed E-state index contributed by atoms with van der Waals surface area (Å²) in [5.41, 5.74) is 1.21. The molecule has 7 heteroatoms. The summed E-state index contributed by atoms with van der Waals surface area (Å²) in [5.74, 6) is -0.698. The molecule has 1 atom stereocenters. The molecule has 0 aromatic heterocycles. The van der Waals surface area contributed by atoms with Crippen LogP contribution < -0.4 is 5.32 Å². The Kier molecular flexibility index (Phi) is 7.77. The highest BCUT2D eigenvalue weighted by Gasteiger charge is 2.26. The first-order valence-electron chi connectivity index (χ1n) is 8.60. The number of esters is 1. The molecule has 146 valence electrons. The maximum Gasteiger partial charge on any atom is 0.417 e. The quantitative estimate of drug-likeness (QED) is 0.443. The number of rotatable bonds is 7. The molecular weight excluding hydrogens is 362 g/mol. The van der Waals surface area contributed by atoms with E-state index in [1.807, 2.05) is 11.4 Å². The molecule has 2 aromatic rings. The van der Waals surface area contributed by atoms with Crippen LogP contribution in [0.2, 0.25) is 0 Å². The van der Waals surface area contributed by atoms with Crippen molar-refractivity contribution in [1.82, 2.24) is 5.32 Å². The molecule has 0 bridgehead atoms. The van der Waals surface area contributed by atoms with E-state index < -0.39 is 24.3 Å². The van der Waals surface area contributed by atoms with Crippen molar-refractivity contribution >= 4 is 18.2 Å². The number of amides is 2. The van der Waals surface area contributed by atoms with Crippen molar-refractivity contribution < 1.29 is 28.6 Å². The number of imide groups is 1. The highest BCUT2D eigenvalue weighted by atomic mass is 16.6. The average Bonchev–Trinajstić information content (AvgIpc) is 2.71. The van der Waals surface area contributed by atoms with Crippen molar-refractivity contribution in [3.8, 4) is 0 Å². The second kappa shape index (κ2) is 10.5. The third-order valence-electron chi connectivity index (χ3n) is 3.60. The van der Waals surface area contributed by atoms with E-state index in [0.29, 0.717) is 5.56 Å². The van der Waals surface area contributed by atoms with Crippen molar-refractivity contribution in [2.75, 3.05) is 6.61 Å². The Hall–Kier alpha value is -3.61. The molecule has 2 rings (SSSR count). The van der Waals surface area contributed by atoms with Crippen molar-refractivity contribution in [1.29, 1.82) is 0 Å². The van der Waals surface area contributed by atoms with Crippen molar-refractivity contribution in [3.05, 3.63) is 83.9 Å². The van der Waals surface area contributed by atoms with Gasteiger partial charge in [-0.25, -0.2) is 19.7 Å². The molecule has 0 spiro atoms. The van der Waals surface area contributed by atoms with Gasteiger partial charge in [-0.3, -0.25) is 0 Å². The average molecular weight is 383 g/mol. The lowest BCUT2D eigenvalue weighted by Crippen LogP contribution is -2.33. The summed E-state index contributed by atoms with van der Waals surface area (Å²) in [6.45, 7) is 5.46. The molecule has 1 unspecified atom stereocenters. The lowest BCUT2D eigenvalue weighted by molar-refractivity contribution is -0.139. The van der Waals surface area contributed by atoms with Crippen molar-refractivity contribution in [2.45, 2.75) is 19.6 Å². The topological polar surface area (TPSA) is 90.9 Å². The Morgan fingerprint density at radius 2 is 1.54 bits per heavy atom. The predicted molar refractivity (Wildman–Crippen MR) is 101 cm³/mol. The van der Waals surface area contributed by atoms with E-state index in [1.54, 1.807) is 61.5 Å². The molecule has 7 nitrogen and oxygen atoms in total. The van der Waals surface area contributed by atoms with Crippen LogP contribution in [0.4, 0.5) is 9.59 Å². The first-order chi connectivity index (χ1) is 13.5. The molecule has 0 aliphatic rings. The Labute approximate surface area is 162 Å². The van der Waals surface area contributed by atoms with E-state index in [1.165, 1.54) is 0 Å². The minimum Gasteiger partial charge on any atom is -0.463 e. The van der Waals surface area contributed by atoms with Gasteiger partial charge < -0.3 is 14.2 Å². The summed E-state index contributed by atoms with van der Waals surface area (Å²) in [6, 6.07) is 17.5. The van der Waals surface area contributed by atoms with E-state index in [9.17, 15) is 14.4 Å². The molecule has 0 aliphatic carbocycles. The normalized spacial score (nSPS) is 11.0. The Morgan fingerprint density at radius 1 is 0.929 bits per heavy atom. The number of alkyl carbamates (subject to hydrolysis) is 2. The molecule has 28 heavy (non-hydrogen) atoms. The van der Waals surface area contributed by atoms with Gasteiger partial charge >= 0.3 is 18.2 Å². The minimum absolute atomic E-state index is 0.00238. The number of hydrogen-bond acceptors (Lipinski definition) is 6. The van der Waals surface area contributed by atoms with Crippen LogP contribution in [-0.2, 0) is 25.6 Å². The van der Waals surface area contributed by atoms with Gasteiger partial charge in [-0.05, 0) is 18.1 Å². The van der Waals surface area contributed by atoms with Gasteiger partial charge in [-0.15, -0.1) is 0 Å². The fourth-order valence-corrected chi connectivity index (χ4v) is 2.28. The van der Waals surface area contributed by atoms with Gasteiger partial charge in [0.15, 0.2) is 6.10 Å². The number of ether oxygens (including phenoxy) is 3. The number of nitrogens with one attached hydrogen (secondary N) is 1. The fourth-order valence-electron chi connectivity index (χ4n) is 2.28. The van der Waals surface area contributed by atoms with E-state index in [2.05, 4.69) is 6.58 Å². The fraction of sp³-hybridized carbons (Fsp3) is 0.190. The minimum atomic E-state index is -1.11. The molecule has 0 aliphatic heterocycles. The molecule has 0 saturated heterocycles. The van der Waals surface area contributed by atoms with Crippen LogP contribution >= 0.6 is 0 Å². The summed E-state index contributed by atoms with van der Waals surface area (Å²) in [4.78, 5) is 35.9. The van der Waals surface area contributed by atoms with Crippen LogP contribution in [0.3, 0.4) is 0 Å². The van der Waals surface area contributed by atoms with E-state index >= 15 is 0 Å². The lowest BCUT2D eigenvalue weighted by Gasteiger charge is -2.19. The highest BCUT2D eigenvalue weighted by molar-refractivity contribution is 5.91. The maximum atomic E-state index is 12.1. The first kappa shape index (κ1) is 20.7. The lowest BCUT2D eigenvalue weighted by atomic mass is 10.0. The molecule has 0 radical (unpaired) electrons. The predicted octanol–water partition coefficient (Wildman–Crippen LogP) is 3.91. The van der Waals surface area contributed by atoms with Crippen LogP contribution in [0.15, 0.2) is 72.8 Å². The number of benzene rings is 2. The molecule has 2 amide bonds. The van der Waals surface area contributed by atoms with Gasteiger partial charge in [0.25, 0.3) is 0 Å². The number of hydrogen-bond donors (Lipinski definition) is 1. The third-order valence-corrected chi connectivity index (χ3v) is 3.60. The molecule has 1 N–H and O–H groups in total. The highest BCUT2D eigenvalue weighted by Crippen LogP contribution is 2.25. The van der Waals surface area contributed by atoms with Crippen LogP contribution in [0.25, 0.3) is 0 Å². The zero-order valence-electron chi connectivity index (χ0n) is 15.4. The SMILES string of the molecule is C=C(C(=O)OCC)C(OC(=O)NC(=O)OCc1ccccc1)c1ccccc1. The van der Waals surface area contributed by atoms with Gasteiger partial charge in [-0.1, -0.05) is 67.2 Å². The summed E-state index contributed by atoms with van der Waals surface area (Å²) in [7, 11) is 0. The van der Waals surface area contributed by atoms with Gasteiger partial charge in [0, 0.05) is 0 Å². The molecule has 0 saturated carbocycles. The Bertz CT molecular complexity index is 819. The van der Waals surface area contributed by atoms with Gasteiger partial charge in [0.2, 0.25) is 0 Å². The molecular formula is C21H21NO6. The zero-order valence-corrected chi connectivity index (χ0v) is 15.4. The summed E-state index contributed by atoms with van der Waals surface area (Å²) in [6.07, 6.45) is -3.15. The summed E-state index contributed by atoms with van der Waals surface area (Å²) in [5, 5.41) is 1.96. The molecule has 0 fully saturated rings. The smallest absolute Gasteiger partial charge is 0.417 e. The largest absolute Gasteiger partial charge is 0.463 e. The third kappa shape index (κ3) is 6.28. The van der Waals surface area contributed by atoms with E-state index in [4.69, 9.17) is 14.2 Å². The van der Waals surface area contributed by atoms with E-state index in [0.717, 1.165) is 5.56 Å². The van der Waals surface area contributed by atoms with E-state index in [-0.39, 0.29) is 18.8 Å². The van der Waals surface area contributed by atoms with Gasteiger partial charge in [0.05, 0.1) is 12.2 Å². The van der Waals surface area contributed by atoms with Gasteiger partial charge in [0.1, 0.15) is 6.61 Å². The summed E-state index contributed by atoms with van der Waals surface area (Å²) < 4.78 is 15.1. The zero-order chi connectivity index (χ0) is 20.4.